The third-order valence-electron chi connectivity index (χ3n) is 4.14. The molecule has 1 aromatic rings. The highest BCUT2D eigenvalue weighted by Crippen LogP contribution is 2.32. The van der Waals surface area contributed by atoms with Crippen LogP contribution in [0.4, 0.5) is 5.69 Å². The average molecular weight is 297 g/mol. The van der Waals surface area contributed by atoms with Crippen LogP contribution in [0, 0.1) is 5.92 Å². The van der Waals surface area contributed by atoms with Crippen molar-refractivity contribution in [3.05, 3.63) is 28.8 Å². The molecule has 2 unspecified atom stereocenters. The first kappa shape index (κ1) is 15.6. The molecule has 1 aromatic carbocycles. The van der Waals surface area contributed by atoms with Crippen LogP contribution in [0.3, 0.4) is 0 Å². The van der Waals surface area contributed by atoms with Crippen LogP contribution < -0.4 is 10.2 Å². The molecule has 1 heterocycles. The van der Waals surface area contributed by atoms with Crippen LogP contribution in [-0.2, 0) is 6.54 Å². The lowest BCUT2D eigenvalue weighted by atomic mass is 10.0. The molecule has 1 aliphatic heterocycles. The molecule has 0 radical (unpaired) electrons. The number of hydrogen-bond donors (Lipinski definition) is 2. The molecule has 0 spiro atoms. The fraction of sp³-hybridized carbons (Fsp3) is 0.625. The molecular formula is C16H25ClN2O. The summed E-state index contributed by atoms with van der Waals surface area (Å²) in [4.78, 5) is 2.27. The molecule has 3 nitrogen and oxygen atoms in total. The van der Waals surface area contributed by atoms with Gasteiger partial charge in [-0.05, 0) is 30.0 Å². The molecule has 0 bridgehead atoms. The number of aliphatic hydroxyl groups is 1. The molecule has 0 amide bonds. The van der Waals surface area contributed by atoms with Crippen molar-refractivity contribution in [1.82, 2.24) is 5.32 Å². The second-order valence-corrected chi connectivity index (χ2v) is 6.43. The Morgan fingerprint density at radius 2 is 2.20 bits per heavy atom. The monoisotopic (exact) mass is 296 g/mol. The van der Waals surface area contributed by atoms with Crippen LogP contribution in [0.5, 0.6) is 0 Å². The summed E-state index contributed by atoms with van der Waals surface area (Å²) in [5.74, 6) is 0.529. The van der Waals surface area contributed by atoms with E-state index in [2.05, 4.69) is 43.1 Å². The summed E-state index contributed by atoms with van der Waals surface area (Å²) in [7, 11) is 0. The first-order valence-corrected chi connectivity index (χ1v) is 7.80. The zero-order chi connectivity index (χ0) is 14.7. The smallest absolute Gasteiger partial charge is 0.0637 e. The molecule has 1 saturated heterocycles. The quantitative estimate of drug-likeness (QED) is 0.877. The Morgan fingerprint density at radius 3 is 2.80 bits per heavy atom. The van der Waals surface area contributed by atoms with E-state index in [4.69, 9.17) is 11.6 Å². The van der Waals surface area contributed by atoms with E-state index in [9.17, 15) is 5.11 Å². The second-order valence-electron chi connectivity index (χ2n) is 6.02. The SMILES string of the molecule is CC(C)NCc1ccc(N2CCC(C)C2CO)cc1Cl. The van der Waals surface area contributed by atoms with Gasteiger partial charge < -0.3 is 15.3 Å². The van der Waals surface area contributed by atoms with Gasteiger partial charge in [0, 0.05) is 29.8 Å². The summed E-state index contributed by atoms with van der Waals surface area (Å²) < 4.78 is 0. The Hall–Kier alpha value is -0.770. The maximum absolute atomic E-state index is 9.55. The molecule has 20 heavy (non-hydrogen) atoms. The van der Waals surface area contributed by atoms with Gasteiger partial charge in [0.25, 0.3) is 0 Å². The first-order valence-electron chi connectivity index (χ1n) is 7.42. The Kier molecular flexibility index (Phi) is 5.30. The molecule has 4 heteroatoms. The third kappa shape index (κ3) is 3.46. The van der Waals surface area contributed by atoms with Gasteiger partial charge in [-0.2, -0.15) is 0 Å². The standard InChI is InChI=1S/C16H25ClN2O/c1-11(2)18-9-13-4-5-14(8-15(13)17)19-7-6-12(3)16(19)10-20/h4-5,8,11-12,16,18,20H,6-7,9-10H2,1-3H3. The van der Waals surface area contributed by atoms with Crippen LogP contribution in [0.2, 0.25) is 5.02 Å². The van der Waals surface area contributed by atoms with E-state index in [-0.39, 0.29) is 12.6 Å². The Labute approximate surface area is 126 Å². The van der Waals surface area contributed by atoms with Gasteiger partial charge in [-0.15, -0.1) is 0 Å². The molecule has 0 aromatic heterocycles. The van der Waals surface area contributed by atoms with E-state index in [0.29, 0.717) is 12.0 Å². The highest BCUT2D eigenvalue weighted by Gasteiger charge is 2.30. The normalized spacial score (nSPS) is 22.8. The highest BCUT2D eigenvalue weighted by atomic mass is 35.5. The molecule has 2 atom stereocenters. The second kappa shape index (κ2) is 6.79. The predicted molar refractivity (Wildman–Crippen MR) is 85.4 cm³/mol. The molecule has 0 saturated carbocycles. The van der Waals surface area contributed by atoms with Gasteiger partial charge in [0.15, 0.2) is 0 Å². The van der Waals surface area contributed by atoms with Gasteiger partial charge in [0.2, 0.25) is 0 Å². The average Bonchev–Trinajstić information content (AvgIpc) is 2.78. The van der Waals surface area contributed by atoms with Gasteiger partial charge in [-0.3, -0.25) is 0 Å². The molecule has 1 aliphatic rings. The maximum Gasteiger partial charge on any atom is 0.0637 e. The number of anilines is 1. The van der Waals surface area contributed by atoms with Crippen molar-refractivity contribution in [2.75, 3.05) is 18.1 Å². The minimum atomic E-state index is 0.204. The van der Waals surface area contributed by atoms with Crippen LogP contribution in [0.1, 0.15) is 32.8 Å². The number of halogens is 1. The fourth-order valence-electron chi connectivity index (χ4n) is 2.78. The minimum Gasteiger partial charge on any atom is -0.394 e. The van der Waals surface area contributed by atoms with Crippen molar-refractivity contribution in [3.8, 4) is 0 Å². The number of rotatable bonds is 5. The molecule has 112 valence electrons. The lowest BCUT2D eigenvalue weighted by molar-refractivity contribution is 0.245. The fourth-order valence-corrected chi connectivity index (χ4v) is 3.02. The van der Waals surface area contributed by atoms with Crippen LogP contribution in [-0.4, -0.2) is 30.3 Å². The predicted octanol–water partition coefficient (Wildman–Crippen LogP) is 3.05. The number of nitrogens with one attached hydrogen (secondary N) is 1. The molecular weight excluding hydrogens is 272 g/mol. The zero-order valence-electron chi connectivity index (χ0n) is 12.6. The third-order valence-corrected chi connectivity index (χ3v) is 4.49. The number of hydrogen-bond acceptors (Lipinski definition) is 3. The Balaban J connectivity index is 2.12. The maximum atomic E-state index is 9.55. The lowest BCUT2D eigenvalue weighted by Gasteiger charge is -2.27. The van der Waals surface area contributed by atoms with Crippen molar-refractivity contribution in [1.29, 1.82) is 0 Å². The van der Waals surface area contributed by atoms with E-state index in [1.54, 1.807) is 0 Å². The first-order chi connectivity index (χ1) is 9.52. The Morgan fingerprint density at radius 1 is 1.45 bits per heavy atom. The van der Waals surface area contributed by atoms with E-state index >= 15 is 0 Å². The van der Waals surface area contributed by atoms with Crippen molar-refractivity contribution < 1.29 is 5.11 Å². The van der Waals surface area contributed by atoms with E-state index < -0.39 is 0 Å². The summed E-state index contributed by atoms with van der Waals surface area (Å²) in [5.41, 5.74) is 2.24. The zero-order valence-corrected chi connectivity index (χ0v) is 13.3. The summed E-state index contributed by atoms with van der Waals surface area (Å²) in [5, 5.41) is 13.7. The van der Waals surface area contributed by atoms with Crippen LogP contribution in [0.25, 0.3) is 0 Å². The summed E-state index contributed by atoms with van der Waals surface area (Å²) >= 11 is 6.39. The lowest BCUT2D eigenvalue weighted by Crippen LogP contribution is -2.35. The van der Waals surface area contributed by atoms with E-state index in [1.807, 2.05) is 6.07 Å². The van der Waals surface area contributed by atoms with E-state index in [1.165, 1.54) is 0 Å². The summed E-state index contributed by atoms with van der Waals surface area (Å²) in [6.45, 7) is 8.43. The van der Waals surface area contributed by atoms with Gasteiger partial charge >= 0.3 is 0 Å². The number of benzene rings is 1. The van der Waals surface area contributed by atoms with Crippen molar-refractivity contribution in [2.45, 2.75) is 45.8 Å². The van der Waals surface area contributed by atoms with Crippen molar-refractivity contribution >= 4 is 17.3 Å². The molecule has 1 fully saturated rings. The number of aliphatic hydroxyl groups excluding tert-OH is 1. The summed E-state index contributed by atoms with van der Waals surface area (Å²) in [6, 6.07) is 6.89. The highest BCUT2D eigenvalue weighted by molar-refractivity contribution is 6.31. The number of nitrogens with zero attached hydrogens (tertiary/aromatic N) is 1. The molecule has 2 N–H and O–H groups in total. The molecule has 0 aliphatic carbocycles. The van der Waals surface area contributed by atoms with E-state index in [0.717, 1.165) is 35.8 Å². The van der Waals surface area contributed by atoms with Gasteiger partial charge in [-0.25, -0.2) is 0 Å². The summed E-state index contributed by atoms with van der Waals surface area (Å²) in [6.07, 6.45) is 1.12. The van der Waals surface area contributed by atoms with Crippen molar-refractivity contribution in [3.63, 3.8) is 0 Å². The van der Waals surface area contributed by atoms with Crippen molar-refractivity contribution in [2.24, 2.45) is 5.92 Å². The van der Waals surface area contributed by atoms with Gasteiger partial charge in [0.1, 0.15) is 0 Å². The van der Waals surface area contributed by atoms with Crippen LogP contribution >= 0.6 is 11.6 Å². The largest absolute Gasteiger partial charge is 0.394 e. The van der Waals surface area contributed by atoms with Gasteiger partial charge in [0.05, 0.1) is 12.6 Å². The van der Waals surface area contributed by atoms with Crippen LogP contribution in [0.15, 0.2) is 18.2 Å². The van der Waals surface area contributed by atoms with Gasteiger partial charge in [-0.1, -0.05) is 38.4 Å². The topological polar surface area (TPSA) is 35.5 Å². The Bertz CT molecular complexity index is 450. The molecule has 2 rings (SSSR count). The minimum absolute atomic E-state index is 0.204.